The van der Waals surface area contributed by atoms with Gasteiger partial charge in [0.2, 0.25) is 0 Å². The first-order chi connectivity index (χ1) is 9.72. The zero-order chi connectivity index (χ0) is 14.4. The first-order valence-corrected chi connectivity index (χ1v) is 8.21. The summed E-state index contributed by atoms with van der Waals surface area (Å²) in [6, 6.07) is 9.63. The maximum atomic E-state index is 5.49. The molecular weight excluding hydrogens is 246 g/mol. The van der Waals surface area contributed by atoms with Crippen LogP contribution in [0.2, 0.25) is 0 Å². The molecular formula is C18H29NO. The zero-order valence-electron chi connectivity index (χ0n) is 13.2. The van der Waals surface area contributed by atoms with Crippen molar-refractivity contribution in [3.63, 3.8) is 0 Å². The van der Waals surface area contributed by atoms with E-state index in [0.717, 1.165) is 18.3 Å². The SMILES string of the molecule is CCOc1ccc(C(C)NC2CCC(CC)CC2)cc1. The second kappa shape index (κ2) is 7.68. The number of rotatable bonds is 6. The molecule has 1 aliphatic rings. The van der Waals surface area contributed by atoms with Gasteiger partial charge in [0.05, 0.1) is 6.61 Å². The normalized spacial score (nSPS) is 24.4. The third kappa shape index (κ3) is 4.24. The molecule has 1 unspecified atom stereocenters. The Hall–Kier alpha value is -1.02. The Labute approximate surface area is 123 Å². The zero-order valence-corrected chi connectivity index (χ0v) is 13.2. The predicted molar refractivity (Wildman–Crippen MR) is 85.2 cm³/mol. The Morgan fingerprint density at radius 1 is 1.10 bits per heavy atom. The van der Waals surface area contributed by atoms with Gasteiger partial charge in [0, 0.05) is 12.1 Å². The van der Waals surface area contributed by atoms with Gasteiger partial charge in [-0.15, -0.1) is 0 Å². The maximum absolute atomic E-state index is 5.49. The molecule has 0 amide bonds. The lowest BCUT2D eigenvalue weighted by Crippen LogP contribution is -2.34. The van der Waals surface area contributed by atoms with Crippen LogP contribution in [0.4, 0.5) is 0 Å². The van der Waals surface area contributed by atoms with E-state index in [1.54, 1.807) is 0 Å². The van der Waals surface area contributed by atoms with Crippen LogP contribution in [0.15, 0.2) is 24.3 Å². The molecule has 1 aromatic rings. The molecule has 0 aromatic heterocycles. The lowest BCUT2D eigenvalue weighted by atomic mass is 9.84. The Morgan fingerprint density at radius 2 is 1.75 bits per heavy atom. The summed E-state index contributed by atoms with van der Waals surface area (Å²) in [5, 5.41) is 3.79. The number of benzene rings is 1. The standard InChI is InChI=1S/C18H29NO/c1-4-15-6-10-17(11-7-15)19-14(3)16-8-12-18(13-9-16)20-5-2/h8-9,12-15,17,19H,4-7,10-11H2,1-3H3. The molecule has 2 nitrogen and oxygen atoms in total. The maximum Gasteiger partial charge on any atom is 0.119 e. The first kappa shape index (κ1) is 15.4. The molecule has 2 rings (SSSR count). The van der Waals surface area contributed by atoms with Crippen LogP contribution in [-0.2, 0) is 0 Å². The van der Waals surface area contributed by atoms with Crippen molar-refractivity contribution in [2.45, 2.75) is 65.0 Å². The van der Waals surface area contributed by atoms with Crippen LogP contribution in [0, 0.1) is 5.92 Å². The molecule has 0 bridgehead atoms. The van der Waals surface area contributed by atoms with Crippen LogP contribution >= 0.6 is 0 Å². The monoisotopic (exact) mass is 275 g/mol. The molecule has 0 aliphatic heterocycles. The summed E-state index contributed by atoms with van der Waals surface area (Å²) < 4.78 is 5.49. The van der Waals surface area contributed by atoms with Crippen molar-refractivity contribution >= 4 is 0 Å². The van der Waals surface area contributed by atoms with E-state index in [1.807, 2.05) is 6.92 Å². The minimum Gasteiger partial charge on any atom is -0.494 e. The van der Waals surface area contributed by atoms with Gasteiger partial charge in [0.1, 0.15) is 5.75 Å². The van der Waals surface area contributed by atoms with Gasteiger partial charge in [-0.2, -0.15) is 0 Å². The molecule has 1 atom stereocenters. The highest BCUT2D eigenvalue weighted by Gasteiger charge is 2.21. The smallest absolute Gasteiger partial charge is 0.119 e. The molecule has 1 N–H and O–H groups in total. The third-order valence-electron chi connectivity index (χ3n) is 4.60. The van der Waals surface area contributed by atoms with Crippen molar-refractivity contribution in [1.82, 2.24) is 5.32 Å². The quantitative estimate of drug-likeness (QED) is 0.812. The summed E-state index contributed by atoms with van der Waals surface area (Å²) in [6.45, 7) is 7.33. The van der Waals surface area contributed by atoms with Crippen molar-refractivity contribution in [2.24, 2.45) is 5.92 Å². The van der Waals surface area contributed by atoms with E-state index in [1.165, 1.54) is 37.7 Å². The van der Waals surface area contributed by atoms with E-state index >= 15 is 0 Å². The van der Waals surface area contributed by atoms with Crippen LogP contribution in [0.5, 0.6) is 5.75 Å². The molecule has 2 heteroatoms. The number of nitrogens with one attached hydrogen (secondary N) is 1. The van der Waals surface area contributed by atoms with E-state index in [4.69, 9.17) is 4.74 Å². The van der Waals surface area contributed by atoms with E-state index < -0.39 is 0 Å². The second-order valence-electron chi connectivity index (χ2n) is 6.02. The van der Waals surface area contributed by atoms with E-state index in [-0.39, 0.29) is 0 Å². The van der Waals surface area contributed by atoms with Gasteiger partial charge in [-0.3, -0.25) is 0 Å². The molecule has 1 fully saturated rings. The summed E-state index contributed by atoms with van der Waals surface area (Å²) >= 11 is 0. The third-order valence-corrected chi connectivity index (χ3v) is 4.60. The van der Waals surface area contributed by atoms with E-state index in [0.29, 0.717) is 12.1 Å². The second-order valence-corrected chi connectivity index (χ2v) is 6.02. The molecule has 0 saturated heterocycles. The lowest BCUT2D eigenvalue weighted by Gasteiger charge is -2.31. The van der Waals surface area contributed by atoms with Gasteiger partial charge < -0.3 is 10.1 Å². The summed E-state index contributed by atoms with van der Waals surface area (Å²) in [6.07, 6.45) is 6.80. The fraction of sp³-hybridized carbons (Fsp3) is 0.667. The summed E-state index contributed by atoms with van der Waals surface area (Å²) in [5.74, 6) is 1.93. The fourth-order valence-corrected chi connectivity index (χ4v) is 3.21. The minimum atomic E-state index is 0.425. The van der Waals surface area contributed by atoms with Gasteiger partial charge in [-0.05, 0) is 63.1 Å². The summed E-state index contributed by atoms with van der Waals surface area (Å²) in [7, 11) is 0. The molecule has 0 radical (unpaired) electrons. The van der Waals surface area contributed by atoms with Gasteiger partial charge >= 0.3 is 0 Å². The highest BCUT2D eigenvalue weighted by atomic mass is 16.5. The predicted octanol–water partition coefficient (Wildman–Crippen LogP) is 4.70. The van der Waals surface area contributed by atoms with Gasteiger partial charge in [0.25, 0.3) is 0 Å². The van der Waals surface area contributed by atoms with Crippen LogP contribution in [0.1, 0.15) is 64.5 Å². The highest BCUT2D eigenvalue weighted by molar-refractivity contribution is 5.29. The number of ether oxygens (including phenoxy) is 1. The Morgan fingerprint density at radius 3 is 2.30 bits per heavy atom. The largest absolute Gasteiger partial charge is 0.494 e. The average molecular weight is 275 g/mol. The Balaban J connectivity index is 1.83. The number of hydrogen-bond acceptors (Lipinski definition) is 2. The lowest BCUT2D eigenvalue weighted by molar-refractivity contribution is 0.273. The molecule has 20 heavy (non-hydrogen) atoms. The van der Waals surface area contributed by atoms with Crippen molar-refractivity contribution in [3.8, 4) is 5.75 Å². The average Bonchev–Trinajstić information content (AvgIpc) is 2.49. The topological polar surface area (TPSA) is 21.3 Å². The van der Waals surface area contributed by atoms with Crippen molar-refractivity contribution in [2.75, 3.05) is 6.61 Å². The van der Waals surface area contributed by atoms with Crippen molar-refractivity contribution < 1.29 is 4.74 Å². The molecule has 0 heterocycles. The minimum absolute atomic E-state index is 0.425. The van der Waals surface area contributed by atoms with Gasteiger partial charge in [-0.1, -0.05) is 25.5 Å². The molecule has 1 aliphatic carbocycles. The van der Waals surface area contributed by atoms with Crippen LogP contribution < -0.4 is 10.1 Å². The molecule has 112 valence electrons. The molecule has 1 saturated carbocycles. The van der Waals surface area contributed by atoms with E-state index in [2.05, 4.69) is 43.4 Å². The molecule has 0 spiro atoms. The summed E-state index contributed by atoms with van der Waals surface area (Å²) in [4.78, 5) is 0. The van der Waals surface area contributed by atoms with Crippen molar-refractivity contribution in [3.05, 3.63) is 29.8 Å². The van der Waals surface area contributed by atoms with Crippen molar-refractivity contribution in [1.29, 1.82) is 0 Å². The highest BCUT2D eigenvalue weighted by Crippen LogP contribution is 2.28. The fourth-order valence-electron chi connectivity index (χ4n) is 3.21. The first-order valence-electron chi connectivity index (χ1n) is 8.21. The van der Waals surface area contributed by atoms with Gasteiger partial charge in [0.15, 0.2) is 0 Å². The van der Waals surface area contributed by atoms with Crippen LogP contribution in [0.3, 0.4) is 0 Å². The van der Waals surface area contributed by atoms with Crippen LogP contribution in [0.25, 0.3) is 0 Å². The number of hydrogen-bond donors (Lipinski definition) is 1. The Bertz CT molecular complexity index is 379. The summed E-state index contributed by atoms with van der Waals surface area (Å²) in [5.41, 5.74) is 1.35. The molecule has 1 aromatic carbocycles. The van der Waals surface area contributed by atoms with Crippen LogP contribution in [-0.4, -0.2) is 12.6 Å². The van der Waals surface area contributed by atoms with E-state index in [9.17, 15) is 0 Å². The van der Waals surface area contributed by atoms with Gasteiger partial charge in [-0.25, -0.2) is 0 Å². The Kier molecular flexibility index (Phi) is 5.90.